The Bertz CT molecular complexity index is 1300. The Morgan fingerprint density at radius 3 is 2.76 bits per heavy atom. The number of furan rings is 1. The number of nitrogens with zero attached hydrogens (tertiary/aromatic N) is 1. The number of hydrogen-bond acceptors (Lipinski definition) is 6. The molecule has 1 N–H and O–H groups in total. The van der Waals surface area contributed by atoms with Gasteiger partial charge in [0.15, 0.2) is 6.10 Å². The smallest absolute Gasteiger partial charge is 0.375 e. The number of amides is 1. The quantitative estimate of drug-likeness (QED) is 0.483. The van der Waals surface area contributed by atoms with E-state index in [1.54, 1.807) is 18.4 Å². The third kappa shape index (κ3) is 3.35. The van der Waals surface area contributed by atoms with Crippen molar-refractivity contribution < 1.29 is 18.7 Å². The molecule has 2 aromatic heterocycles. The van der Waals surface area contributed by atoms with Crippen molar-refractivity contribution in [3.05, 3.63) is 64.7 Å². The maximum absolute atomic E-state index is 12.7. The second-order valence-electron chi connectivity index (χ2n) is 6.53. The van der Waals surface area contributed by atoms with Crippen LogP contribution in [0.3, 0.4) is 0 Å². The lowest BCUT2D eigenvalue weighted by atomic mass is 10.1. The SMILES string of the molecule is Cc1c(C(=O)O[C@H](C)C(=O)Nc2sccc2C#N)oc2c1ccc1ccccc12. The molecule has 4 aromatic rings. The highest BCUT2D eigenvalue weighted by Gasteiger charge is 2.25. The number of thiophene rings is 1. The fourth-order valence-electron chi connectivity index (χ4n) is 3.12. The number of aryl methyl sites for hydroxylation is 1. The van der Waals surface area contributed by atoms with E-state index in [0.29, 0.717) is 21.7 Å². The van der Waals surface area contributed by atoms with Crippen molar-refractivity contribution in [3.63, 3.8) is 0 Å². The van der Waals surface area contributed by atoms with E-state index in [1.165, 1.54) is 18.3 Å². The minimum Gasteiger partial charge on any atom is -0.448 e. The minimum absolute atomic E-state index is 0.0739. The van der Waals surface area contributed by atoms with Crippen LogP contribution in [0.1, 0.15) is 28.6 Å². The van der Waals surface area contributed by atoms with Gasteiger partial charge in [-0.15, -0.1) is 11.3 Å². The van der Waals surface area contributed by atoms with Gasteiger partial charge in [0.25, 0.3) is 5.91 Å². The number of hydrogen-bond donors (Lipinski definition) is 1. The zero-order chi connectivity index (χ0) is 20.5. The number of nitrogens with one attached hydrogen (secondary N) is 1. The fourth-order valence-corrected chi connectivity index (χ4v) is 3.86. The molecule has 0 saturated heterocycles. The molecular weight excluding hydrogens is 388 g/mol. The second-order valence-corrected chi connectivity index (χ2v) is 7.45. The van der Waals surface area contributed by atoms with Gasteiger partial charge in [0.1, 0.15) is 16.7 Å². The molecule has 0 aliphatic heterocycles. The first kappa shape index (κ1) is 18.7. The highest BCUT2D eigenvalue weighted by atomic mass is 32.1. The largest absolute Gasteiger partial charge is 0.448 e. The van der Waals surface area contributed by atoms with Crippen molar-refractivity contribution in [1.82, 2.24) is 0 Å². The molecule has 1 amide bonds. The van der Waals surface area contributed by atoms with E-state index in [9.17, 15) is 9.59 Å². The van der Waals surface area contributed by atoms with Crippen molar-refractivity contribution >= 4 is 50.0 Å². The Hall–Kier alpha value is -3.63. The van der Waals surface area contributed by atoms with E-state index in [4.69, 9.17) is 14.4 Å². The van der Waals surface area contributed by atoms with Crippen LogP contribution in [0.15, 0.2) is 52.3 Å². The average molecular weight is 404 g/mol. The van der Waals surface area contributed by atoms with Crippen LogP contribution in [0.4, 0.5) is 5.00 Å². The van der Waals surface area contributed by atoms with Gasteiger partial charge in [-0.1, -0.05) is 36.4 Å². The third-order valence-electron chi connectivity index (χ3n) is 4.69. The predicted molar refractivity (Wildman–Crippen MR) is 111 cm³/mol. The van der Waals surface area contributed by atoms with Gasteiger partial charge in [-0.05, 0) is 30.7 Å². The molecule has 4 rings (SSSR count). The van der Waals surface area contributed by atoms with Crippen molar-refractivity contribution in [2.24, 2.45) is 0 Å². The predicted octanol–water partition coefficient (Wildman–Crippen LogP) is 5.01. The molecular formula is C22H16N2O4S. The molecule has 0 bridgehead atoms. The lowest BCUT2D eigenvalue weighted by molar-refractivity contribution is -0.123. The highest BCUT2D eigenvalue weighted by Crippen LogP contribution is 2.32. The lowest BCUT2D eigenvalue weighted by Crippen LogP contribution is -2.30. The first-order valence-corrected chi connectivity index (χ1v) is 9.78. The number of carbonyl (C=O) groups is 2. The maximum Gasteiger partial charge on any atom is 0.375 e. The molecule has 0 aliphatic rings. The van der Waals surface area contributed by atoms with Crippen LogP contribution in [0.5, 0.6) is 0 Å². The molecule has 6 nitrogen and oxygen atoms in total. The Balaban J connectivity index is 1.57. The summed E-state index contributed by atoms with van der Waals surface area (Å²) in [7, 11) is 0. The van der Waals surface area contributed by atoms with Crippen molar-refractivity contribution in [2.75, 3.05) is 5.32 Å². The summed E-state index contributed by atoms with van der Waals surface area (Å²) in [5, 5.41) is 16.5. The maximum atomic E-state index is 12.7. The summed E-state index contributed by atoms with van der Waals surface area (Å²) < 4.78 is 11.2. The number of anilines is 1. The molecule has 1 atom stereocenters. The molecule has 7 heteroatoms. The van der Waals surface area contributed by atoms with Gasteiger partial charge >= 0.3 is 5.97 Å². The number of fused-ring (bicyclic) bond motifs is 3. The van der Waals surface area contributed by atoms with Gasteiger partial charge in [-0.25, -0.2) is 4.79 Å². The second kappa shape index (κ2) is 7.41. The van der Waals surface area contributed by atoms with Crippen LogP contribution in [0.25, 0.3) is 21.7 Å². The number of ether oxygens (including phenoxy) is 1. The van der Waals surface area contributed by atoms with Crippen LogP contribution in [-0.2, 0) is 9.53 Å². The van der Waals surface area contributed by atoms with Crippen molar-refractivity contribution in [1.29, 1.82) is 5.26 Å². The van der Waals surface area contributed by atoms with Crippen molar-refractivity contribution in [3.8, 4) is 6.07 Å². The van der Waals surface area contributed by atoms with E-state index in [-0.39, 0.29) is 5.76 Å². The van der Waals surface area contributed by atoms with E-state index >= 15 is 0 Å². The molecule has 0 spiro atoms. The Kier molecular flexibility index (Phi) is 4.79. The van der Waals surface area contributed by atoms with E-state index in [1.807, 2.05) is 42.5 Å². The first-order valence-electron chi connectivity index (χ1n) is 8.90. The molecule has 0 radical (unpaired) electrons. The molecule has 0 fully saturated rings. The number of carbonyl (C=O) groups excluding carboxylic acids is 2. The van der Waals surface area contributed by atoms with Crippen LogP contribution in [0.2, 0.25) is 0 Å². The standard InChI is InChI=1S/C22H16N2O4S/c1-12-16-8-7-14-5-3-4-6-17(14)19(16)28-18(12)22(26)27-13(2)20(25)24-21-15(11-23)9-10-29-21/h3-10,13H,1-2H3,(H,24,25)/t13-/m1/s1. The van der Waals surface area contributed by atoms with Gasteiger partial charge < -0.3 is 14.5 Å². The first-order chi connectivity index (χ1) is 14.0. The summed E-state index contributed by atoms with van der Waals surface area (Å²) in [6, 6.07) is 15.2. The molecule has 0 unspecified atom stereocenters. The summed E-state index contributed by atoms with van der Waals surface area (Å²) in [5.41, 5.74) is 1.64. The van der Waals surface area contributed by atoms with Crippen LogP contribution in [0, 0.1) is 18.3 Å². The molecule has 144 valence electrons. The lowest BCUT2D eigenvalue weighted by Gasteiger charge is -2.12. The molecule has 29 heavy (non-hydrogen) atoms. The number of rotatable bonds is 4. The number of nitriles is 1. The van der Waals surface area contributed by atoms with Gasteiger partial charge in [-0.2, -0.15) is 5.26 Å². The zero-order valence-corrected chi connectivity index (χ0v) is 16.5. The van der Waals surface area contributed by atoms with Gasteiger partial charge in [-0.3, -0.25) is 4.79 Å². The topological polar surface area (TPSA) is 92.3 Å². The Labute approximate surface area is 170 Å². The third-order valence-corrected chi connectivity index (χ3v) is 5.52. The van der Waals surface area contributed by atoms with E-state index < -0.39 is 18.0 Å². The van der Waals surface area contributed by atoms with E-state index in [0.717, 1.165) is 16.2 Å². The monoisotopic (exact) mass is 404 g/mol. The average Bonchev–Trinajstić information content (AvgIpc) is 3.31. The molecule has 2 heterocycles. The highest BCUT2D eigenvalue weighted by molar-refractivity contribution is 7.14. The van der Waals surface area contributed by atoms with E-state index in [2.05, 4.69) is 5.32 Å². The summed E-state index contributed by atoms with van der Waals surface area (Å²) in [5.74, 6) is -1.15. The molecule has 0 saturated carbocycles. The molecule has 0 aliphatic carbocycles. The summed E-state index contributed by atoms with van der Waals surface area (Å²) >= 11 is 1.23. The van der Waals surface area contributed by atoms with Gasteiger partial charge in [0.2, 0.25) is 5.76 Å². The van der Waals surface area contributed by atoms with Crippen LogP contribution in [-0.4, -0.2) is 18.0 Å². The van der Waals surface area contributed by atoms with Gasteiger partial charge in [0, 0.05) is 16.3 Å². The number of benzene rings is 2. The summed E-state index contributed by atoms with van der Waals surface area (Å²) in [6.07, 6.45) is -1.06. The van der Waals surface area contributed by atoms with Crippen molar-refractivity contribution in [2.45, 2.75) is 20.0 Å². The number of esters is 1. The zero-order valence-electron chi connectivity index (χ0n) is 15.7. The summed E-state index contributed by atoms with van der Waals surface area (Å²) in [6.45, 7) is 3.26. The van der Waals surface area contributed by atoms with Gasteiger partial charge in [0.05, 0.1) is 5.56 Å². The Morgan fingerprint density at radius 1 is 1.17 bits per heavy atom. The normalized spacial score (nSPS) is 11.9. The Morgan fingerprint density at radius 2 is 1.97 bits per heavy atom. The molecule has 2 aromatic carbocycles. The minimum atomic E-state index is -1.06. The fraction of sp³-hybridized carbons (Fsp3) is 0.136. The van der Waals surface area contributed by atoms with Crippen LogP contribution < -0.4 is 5.32 Å². The van der Waals surface area contributed by atoms with Crippen LogP contribution >= 0.6 is 11.3 Å². The summed E-state index contributed by atoms with van der Waals surface area (Å²) in [4.78, 5) is 25.0.